The average molecular weight is 442 g/mol. The van der Waals surface area contributed by atoms with E-state index in [0.717, 1.165) is 36.5 Å². The van der Waals surface area contributed by atoms with Crippen LogP contribution in [0.2, 0.25) is 5.02 Å². The molecule has 2 aromatic carbocycles. The van der Waals surface area contributed by atoms with Crippen molar-refractivity contribution in [2.24, 2.45) is 5.92 Å². The minimum Gasteiger partial charge on any atom is -0.378 e. The van der Waals surface area contributed by atoms with Crippen LogP contribution in [0.25, 0.3) is 0 Å². The van der Waals surface area contributed by atoms with E-state index in [4.69, 9.17) is 16.3 Å². The maximum absolute atomic E-state index is 13.1. The van der Waals surface area contributed by atoms with Crippen LogP contribution in [-0.4, -0.2) is 61.0 Å². The zero-order valence-corrected chi connectivity index (χ0v) is 18.3. The molecule has 2 fully saturated rings. The first kappa shape index (κ1) is 21.8. The summed E-state index contributed by atoms with van der Waals surface area (Å²) >= 11 is 6.11. The Hall–Kier alpha value is -2.41. The van der Waals surface area contributed by atoms with Crippen molar-refractivity contribution >= 4 is 29.1 Å². The van der Waals surface area contributed by atoms with Gasteiger partial charge in [0.25, 0.3) is 5.91 Å². The first-order chi connectivity index (χ1) is 15.1. The molecule has 0 bridgehead atoms. The number of nitrogens with one attached hydrogen (secondary N) is 1. The highest BCUT2D eigenvalue weighted by molar-refractivity contribution is 6.30. The molecule has 2 aliphatic heterocycles. The third-order valence-corrected chi connectivity index (χ3v) is 6.12. The van der Waals surface area contributed by atoms with Crippen LogP contribution < -0.4 is 5.32 Å². The molecule has 0 aromatic heterocycles. The van der Waals surface area contributed by atoms with Crippen molar-refractivity contribution in [3.05, 3.63) is 64.7 Å². The third-order valence-electron chi connectivity index (χ3n) is 5.89. The van der Waals surface area contributed by atoms with Crippen LogP contribution in [0.4, 0.5) is 5.69 Å². The molecule has 0 aliphatic carbocycles. The second-order valence-corrected chi connectivity index (χ2v) is 8.58. The Morgan fingerprint density at radius 3 is 2.68 bits per heavy atom. The standard InChI is InChI=1S/C24H28ClN3O3/c25-20-7-3-5-18(15-20)16-27-10-4-6-19(17-27)23(29)26-22-9-2-1-8-21(22)24(30)28-11-13-31-14-12-28/h1-3,5,7-9,15,19H,4,6,10-14,16-17H2,(H,26,29). The lowest BCUT2D eigenvalue weighted by Gasteiger charge is -2.32. The van der Waals surface area contributed by atoms with Gasteiger partial charge in [-0.3, -0.25) is 14.5 Å². The van der Waals surface area contributed by atoms with Gasteiger partial charge in [-0.2, -0.15) is 0 Å². The Morgan fingerprint density at radius 2 is 1.87 bits per heavy atom. The number of rotatable bonds is 5. The van der Waals surface area contributed by atoms with E-state index in [2.05, 4.69) is 16.3 Å². The van der Waals surface area contributed by atoms with E-state index >= 15 is 0 Å². The summed E-state index contributed by atoms with van der Waals surface area (Å²) in [5.74, 6) is -0.206. The van der Waals surface area contributed by atoms with Gasteiger partial charge in [0.2, 0.25) is 5.91 Å². The van der Waals surface area contributed by atoms with Crippen LogP contribution in [0.5, 0.6) is 0 Å². The van der Waals surface area contributed by atoms with Crippen molar-refractivity contribution in [1.29, 1.82) is 0 Å². The lowest BCUT2D eigenvalue weighted by atomic mass is 9.96. The number of nitrogens with zero attached hydrogens (tertiary/aromatic N) is 2. The molecular weight excluding hydrogens is 414 g/mol. The number of benzene rings is 2. The highest BCUT2D eigenvalue weighted by Gasteiger charge is 2.27. The monoisotopic (exact) mass is 441 g/mol. The van der Waals surface area contributed by atoms with Crippen LogP contribution in [0.15, 0.2) is 48.5 Å². The number of piperidine rings is 1. The second kappa shape index (κ2) is 10.3. The minimum absolute atomic E-state index is 0.0296. The van der Waals surface area contributed by atoms with Gasteiger partial charge in [-0.15, -0.1) is 0 Å². The number of para-hydroxylation sites is 1. The number of anilines is 1. The maximum Gasteiger partial charge on any atom is 0.256 e. The summed E-state index contributed by atoms with van der Waals surface area (Å²) in [6, 6.07) is 15.1. The number of carbonyl (C=O) groups excluding carboxylic acids is 2. The van der Waals surface area contributed by atoms with Crippen molar-refractivity contribution in [3.8, 4) is 0 Å². The van der Waals surface area contributed by atoms with Crippen LogP contribution >= 0.6 is 11.6 Å². The Morgan fingerprint density at radius 1 is 1.06 bits per heavy atom. The topological polar surface area (TPSA) is 61.9 Å². The van der Waals surface area contributed by atoms with E-state index in [-0.39, 0.29) is 17.7 Å². The molecule has 1 unspecified atom stereocenters. The lowest BCUT2D eigenvalue weighted by Crippen LogP contribution is -2.42. The Labute approximate surface area is 188 Å². The van der Waals surface area contributed by atoms with Crippen molar-refractivity contribution in [2.45, 2.75) is 19.4 Å². The average Bonchev–Trinajstić information content (AvgIpc) is 2.80. The minimum atomic E-state index is -0.112. The molecule has 7 heteroatoms. The zero-order valence-electron chi connectivity index (χ0n) is 17.6. The fourth-order valence-corrected chi connectivity index (χ4v) is 4.47. The summed E-state index contributed by atoms with van der Waals surface area (Å²) in [7, 11) is 0. The number of ether oxygens (including phenoxy) is 1. The number of amides is 2. The van der Waals surface area contributed by atoms with E-state index in [1.807, 2.05) is 30.3 Å². The second-order valence-electron chi connectivity index (χ2n) is 8.14. The third kappa shape index (κ3) is 5.64. The van der Waals surface area contributed by atoms with Gasteiger partial charge < -0.3 is 15.0 Å². The van der Waals surface area contributed by atoms with Gasteiger partial charge >= 0.3 is 0 Å². The highest BCUT2D eigenvalue weighted by Crippen LogP contribution is 2.23. The predicted molar refractivity (Wildman–Crippen MR) is 121 cm³/mol. The van der Waals surface area contributed by atoms with Crippen LogP contribution in [0.1, 0.15) is 28.8 Å². The largest absolute Gasteiger partial charge is 0.378 e. The number of hydrogen-bond acceptors (Lipinski definition) is 4. The summed E-state index contributed by atoms with van der Waals surface area (Å²) in [6.45, 7) is 4.66. The van der Waals surface area contributed by atoms with Crippen LogP contribution in [0, 0.1) is 5.92 Å². The summed E-state index contributed by atoms with van der Waals surface area (Å²) in [5.41, 5.74) is 2.26. The van der Waals surface area contributed by atoms with E-state index in [9.17, 15) is 9.59 Å². The van der Waals surface area contributed by atoms with Gasteiger partial charge in [-0.25, -0.2) is 0 Å². The van der Waals surface area contributed by atoms with Gasteiger partial charge in [-0.1, -0.05) is 35.9 Å². The normalized spacial score (nSPS) is 19.8. The number of hydrogen-bond donors (Lipinski definition) is 1. The molecule has 2 aromatic rings. The first-order valence-corrected chi connectivity index (χ1v) is 11.2. The van der Waals surface area contributed by atoms with Crippen LogP contribution in [0.3, 0.4) is 0 Å². The maximum atomic E-state index is 13.1. The number of halogens is 1. The molecule has 1 N–H and O–H groups in total. The smallest absolute Gasteiger partial charge is 0.256 e. The summed E-state index contributed by atoms with van der Waals surface area (Å²) in [5, 5.41) is 3.76. The quantitative estimate of drug-likeness (QED) is 0.769. The predicted octanol–water partition coefficient (Wildman–Crippen LogP) is 3.66. The number of likely N-dealkylation sites (tertiary alicyclic amines) is 1. The lowest BCUT2D eigenvalue weighted by molar-refractivity contribution is -0.121. The molecule has 6 nitrogen and oxygen atoms in total. The molecule has 164 valence electrons. The molecule has 2 heterocycles. The Kier molecular flexibility index (Phi) is 7.22. The van der Waals surface area contributed by atoms with Gasteiger partial charge in [-0.05, 0) is 49.2 Å². The Bertz CT molecular complexity index is 930. The molecule has 2 amide bonds. The molecule has 0 saturated carbocycles. The Balaban J connectivity index is 1.40. The fourth-order valence-electron chi connectivity index (χ4n) is 4.26. The van der Waals surface area contributed by atoms with E-state index in [0.29, 0.717) is 44.1 Å². The van der Waals surface area contributed by atoms with Crippen molar-refractivity contribution < 1.29 is 14.3 Å². The van der Waals surface area contributed by atoms with E-state index < -0.39 is 0 Å². The van der Waals surface area contributed by atoms with Crippen molar-refractivity contribution in [2.75, 3.05) is 44.7 Å². The molecule has 2 aliphatic rings. The van der Waals surface area contributed by atoms with Gasteiger partial charge in [0, 0.05) is 31.2 Å². The summed E-state index contributed by atoms with van der Waals surface area (Å²) in [4.78, 5) is 30.1. The molecule has 31 heavy (non-hydrogen) atoms. The molecule has 1 atom stereocenters. The van der Waals surface area contributed by atoms with Crippen LogP contribution in [-0.2, 0) is 16.1 Å². The zero-order chi connectivity index (χ0) is 21.6. The summed E-state index contributed by atoms with van der Waals surface area (Å²) in [6.07, 6.45) is 1.81. The summed E-state index contributed by atoms with van der Waals surface area (Å²) < 4.78 is 5.34. The highest BCUT2D eigenvalue weighted by atomic mass is 35.5. The fraction of sp³-hybridized carbons (Fsp3) is 0.417. The first-order valence-electron chi connectivity index (χ1n) is 10.8. The molecule has 0 spiro atoms. The molecule has 0 radical (unpaired) electrons. The number of carbonyl (C=O) groups is 2. The van der Waals surface area contributed by atoms with Gasteiger partial charge in [0.05, 0.1) is 30.4 Å². The SMILES string of the molecule is O=C(Nc1ccccc1C(=O)N1CCOCC1)C1CCCN(Cc2cccc(Cl)c2)C1. The van der Waals surface area contributed by atoms with Gasteiger partial charge in [0.15, 0.2) is 0 Å². The van der Waals surface area contributed by atoms with E-state index in [1.54, 1.807) is 17.0 Å². The molecular formula is C24H28ClN3O3. The van der Waals surface area contributed by atoms with Crippen molar-refractivity contribution in [3.63, 3.8) is 0 Å². The van der Waals surface area contributed by atoms with Gasteiger partial charge in [0.1, 0.15) is 0 Å². The van der Waals surface area contributed by atoms with Crippen molar-refractivity contribution in [1.82, 2.24) is 9.80 Å². The molecule has 2 saturated heterocycles. The van der Waals surface area contributed by atoms with E-state index in [1.165, 1.54) is 0 Å². The molecule has 4 rings (SSSR count). The number of morpholine rings is 1.